The number of rotatable bonds is 3. The second kappa shape index (κ2) is 6.46. The Labute approximate surface area is 145 Å². The lowest BCUT2D eigenvalue weighted by Crippen LogP contribution is -2.27. The van der Waals surface area contributed by atoms with E-state index in [9.17, 15) is 9.59 Å². The molecule has 1 saturated heterocycles. The molecule has 1 aromatic heterocycles. The van der Waals surface area contributed by atoms with Gasteiger partial charge in [-0.3, -0.25) is 14.5 Å². The smallest absolute Gasteiger partial charge is 0.268 e. The Morgan fingerprint density at radius 2 is 1.95 bits per heavy atom. The topological polar surface area (TPSA) is 37.4 Å². The first-order valence-corrected chi connectivity index (χ1v) is 8.72. The molecule has 22 heavy (non-hydrogen) atoms. The summed E-state index contributed by atoms with van der Waals surface area (Å²) < 4.78 is 0. The third kappa shape index (κ3) is 3.22. The Kier molecular flexibility index (Phi) is 4.59. The fourth-order valence-electron chi connectivity index (χ4n) is 1.96. The van der Waals surface area contributed by atoms with Gasteiger partial charge in [0.2, 0.25) is 0 Å². The van der Waals surface area contributed by atoms with Gasteiger partial charge in [0.1, 0.15) is 0 Å². The first-order chi connectivity index (χ1) is 10.5. The molecule has 2 amide bonds. The molecule has 7 heteroatoms. The van der Waals surface area contributed by atoms with Gasteiger partial charge in [0.25, 0.3) is 11.1 Å². The standard InChI is InChI=1S/C15H9Cl2NO2S2/c16-11-4-3-9(6-12(11)17)8-18-14(19)13(22-15(18)20)7-10-2-1-5-21-10/h1-7H,8H2/b13-7+. The van der Waals surface area contributed by atoms with E-state index in [4.69, 9.17) is 23.2 Å². The lowest BCUT2D eigenvalue weighted by Gasteiger charge is -2.12. The van der Waals surface area contributed by atoms with Gasteiger partial charge in [0.15, 0.2) is 0 Å². The van der Waals surface area contributed by atoms with Crippen LogP contribution in [0.3, 0.4) is 0 Å². The summed E-state index contributed by atoms with van der Waals surface area (Å²) in [6.07, 6.45) is 1.74. The third-order valence-electron chi connectivity index (χ3n) is 3.01. The number of carbonyl (C=O) groups excluding carboxylic acids is 2. The molecule has 0 bridgehead atoms. The molecule has 0 unspecified atom stereocenters. The van der Waals surface area contributed by atoms with Crippen LogP contribution in [0.1, 0.15) is 10.4 Å². The van der Waals surface area contributed by atoms with Crippen molar-refractivity contribution in [1.82, 2.24) is 4.90 Å². The molecule has 0 spiro atoms. The number of halogens is 2. The highest BCUT2D eigenvalue weighted by atomic mass is 35.5. The van der Waals surface area contributed by atoms with Crippen LogP contribution >= 0.6 is 46.3 Å². The zero-order valence-corrected chi connectivity index (χ0v) is 14.2. The number of hydrogen-bond donors (Lipinski definition) is 0. The van der Waals surface area contributed by atoms with E-state index in [1.807, 2.05) is 17.5 Å². The average molecular weight is 370 g/mol. The highest BCUT2D eigenvalue weighted by molar-refractivity contribution is 8.18. The van der Waals surface area contributed by atoms with E-state index in [-0.39, 0.29) is 17.7 Å². The minimum Gasteiger partial charge on any atom is -0.268 e. The van der Waals surface area contributed by atoms with E-state index < -0.39 is 0 Å². The van der Waals surface area contributed by atoms with E-state index >= 15 is 0 Å². The molecule has 0 atom stereocenters. The van der Waals surface area contributed by atoms with E-state index in [0.717, 1.165) is 22.2 Å². The predicted octanol–water partition coefficient (Wildman–Crippen LogP) is 5.29. The van der Waals surface area contributed by atoms with Crippen LogP contribution in [0.25, 0.3) is 6.08 Å². The summed E-state index contributed by atoms with van der Waals surface area (Å²) in [6, 6.07) is 8.87. The van der Waals surface area contributed by atoms with Gasteiger partial charge in [-0.2, -0.15) is 0 Å². The summed E-state index contributed by atoms with van der Waals surface area (Å²) in [5.74, 6) is -0.283. The fourth-order valence-corrected chi connectivity index (χ4v) is 3.84. The van der Waals surface area contributed by atoms with Crippen LogP contribution in [0.15, 0.2) is 40.6 Å². The second-order valence-electron chi connectivity index (χ2n) is 4.53. The summed E-state index contributed by atoms with van der Waals surface area (Å²) in [6.45, 7) is 0.184. The lowest BCUT2D eigenvalue weighted by molar-refractivity contribution is -0.123. The number of hydrogen-bond acceptors (Lipinski definition) is 4. The van der Waals surface area contributed by atoms with Gasteiger partial charge in [-0.05, 0) is 47.0 Å². The Morgan fingerprint density at radius 1 is 1.14 bits per heavy atom. The Morgan fingerprint density at radius 3 is 2.64 bits per heavy atom. The van der Waals surface area contributed by atoms with Gasteiger partial charge >= 0.3 is 0 Å². The SMILES string of the molecule is O=C1S/C(=C/c2cccs2)C(=O)N1Cc1ccc(Cl)c(Cl)c1. The molecule has 1 aromatic carbocycles. The van der Waals surface area contributed by atoms with E-state index in [1.54, 1.807) is 24.3 Å². The van der Waals surface area contributed by atoms with Crippen molar-refractivity contribution in [1.29, 1.82) is 0 Å². The van der Waals surface area contributed by atoms with Crippen LogP contribution in [0.5, 0.6) is 0 Å². The molecule has 1 aliphatic heterocycles. The average Bonchev–Trinajstić information content (AvgIpc) is 3.07. The van der Waals surface area contributed by atoms with Gasteiger partial charge < -0.3 is 0 Å². The lowest BCUT2D eigenvalue weighted by atomic mass is 10.2. The van der Waals surface area contributed by atoms with Crippen molar-refractivity contribution >= 4 is 63.5 Å². The number of thioether (sulfide) groups is 1. The van der Waals surface area contributed by atoms with Crippen LogP contribution < -0.4 is 0 Å². The molecule has 1 aliphatic rings. The van der Waals surface area contributed by atoms with Crippen LogP contribution in [0.2, 0.25) is 10.0 Å². The molecular formula is C15H9Cl2NO2S2. The second-order valence-corrected chi connectivity index (χ2v) is 7.32. The summed E-state index contributed by atoms with van der Waals surface area (Å²) >= 11 is 14.3. The molecule has 3 nitrogen and oxygen atoms in total. The van der Waals surface area contributed by atoms with Gasteiger partial charge in [0, 0.05) is 4.88 Å². The fraction of sp³-hybridized carbons (Fsp3) is 0.0667. The Balaban J connectivity index is 1.81. The van der Waals surface area contributed by atoms with Crippen molar-refractivity contribution < 1.29 is 9.59 Å². The molecule has 0 N–H and O–H groups in total. The zero-order valence-electron chi connectivity index (χ0n) is 11.1. The normalized spacial score (nSPS) is 16.8. The largest absolute Gasteiger partial charge is 0.293 e. The molecule has 0 saturated carbocycles. The maximum atomic E-state index is 12.4. The molecular weight excluding hydrogens is 361 g/mol. The predicted molar refractivity (Wildman–Crippen MR) is 92.3 cm³/mol. The third-order valence-corrected chi connectivity index (χ3v) is 5.48. The number of thiophene rings is 1. The van der Waals surface area contributed by atoms with Crippen LogP contribution in [-0.4, -0.2) is 16.0 Å². The summed E-state index contributed by atoms with van der Waals surface area (Å²) in [5, 5.41) is 2.49. The first kappa shape index (κ1) is 15.6. The van der Waals surface area contributed by atoms with Crippen LogP contribution in [0, 0.1) is 0 Å². The highest BCUT2D eigenvalue weighted by Gasteiger charge is 2.35. The molecule has 0 aliphatic carbocycles. The van der Waals surface area contributed by atoms with Crippen molar-refractivity contribution in [2.75, 3.05) is 0 Å². The molecule has 3 rings (SSSR count). The van der Waals surface area contributed by atoms with E-state index in [2.05, 4.69) is 0 Å². The monoisotopic (exact) mass is 369 g/mol. The quantitative estimate of drug-likeness (QED) is 0.689. The van der Waals surface area contributed by atoms with Gasteiger partial charge in [-0.15, -0.1) is 11.3 Å². The maximum absolute atomic E-state index is 12.4. The van der Waals surface area contributed by atoms with Crippen molar-refractivity contribution in [3.8, 4) is 0 Å². The van der Waals surface area contributed by atoms with E-state index in [0.29, 0.717) is 15.0 Å². The zero-order chi connectivity index (χ0) is 15.7. The number of benzene rings is 1. The van der Waals surface area contributed by atoms with E-state index in [1.165, 1.54) is 16.2 Å². The molecule has 2 aromatic rings. The van der Waals surface area contributed by atoms with Crippen molar-refractivity contribution in [3.05, 3.63) is 61.1 Å². The minimum absolute atomic E-state index is 0.184. The highest BCUT2D eigenvalue weighted by Crippen LogP contribution is 2.34. The number of nitrogens with zero attached hydrogens (tertiary/aromatic N) is 1. The summed E-state index contributed by atoms with van der Waals surface area (Å²) in [5.41, 5.74) is 0.758. The first-order valence-electron chi connectivity index (χ1n) is 6.27. The summed E-state index contributed by atoms with van der Waals surface area (Å²) in [7, 11) is 0. The number of imide groups is 1. The Hall–Kier alpha value is -1.27. The van der Waals surface area contributed by atoms with Crippen molar-refractivity contribution in [3.63, 3.8) is 0 Å². The summed E-state index contributed by atoms with van der Waals surface area (Å²) in [4.78, 5) is 27.0. The van der Waals surface area contributed by atoms with Crippen LogP contribution in [0.4, 0.5) is 4.79 Å². The van der Waals surface area contributed by atoms with Gasteiger partial charge in [0.05, 0.1) is 21.5 Å². The Bertz CT molecular complexity index is 772. The molecule has 0 radical (unpaired) electrons. The van der Waals surface area contributed by atoms with Crippen LogP contribution in [-0.2, 0) is 11.3 Å². The van der Waals surface area contributed by atoms with Crippen molar-refractivity contribution in [2.45, 2.75) is 6.54 Å². The minimum atomic E-state index is -0.283. The van der Waals surface area contributed by atoms with Crippen molar-refractivity contribution in [2.24, 2.45) is 0 Å². The van der Waals surface area contributed by atoms with Gasteiger partial charge in [-0.25, -0.2) is 0 Å². The molecule has 2 heterocycles. The maximum Gasteiger partial charge on any atom is 0.293 e. The number of carbonyl (C=O) groups is 2. The van der Waals surface area contributed by atoms with Gasteiger partial charge in [-0.1, -0.05) is 35.3 Å². The molecule has 112 valence electrons. The molecule has 1 fully saturated rings. The number of amides is 2.